The first kappa shape index (κ1) is 30.4. The maximum absolute atomic E-state index is 9.08. The van der Waals surface area contributed by atoms with Crippen LogP contribution in [0.5, 0.6) is 0 Å². The summed E-state index contributed by atoms with van der Waals surface area (Å²) in [6, 6.07) is 2.66. The molecule has 4 saturated carbocycles. The second-order valence-electron chi connectivity index (χ2n) is 13.2. The number of hydrogen-bond acceptors (Lipinski definition) is 2. The topological polar surface area (TPSA) is 49.8 Å². The Hall–Kier alpha value is -0.810. The van der Waals surface area contributed by atoms with Gasteiger partial charge < -0.3 is 5.73 Å². The number of nitrogens with two attached hydrogens (primary N) is 1. The van der Waals surface area contributed by atoms with Gasteiger partial charge in [0, 0.05) is 11.6 Å². The molecule has 0 aromatic rings. The standard InChI is InChI=1S/C27H44N2.C4H10.C2H6/c1-17-10-12-27(5)23-11-13-26(4)21(19(3)7-6-18(2)16-28)8-9-22(26)20(23)15-25(29)24(27)14-17;1-3-4-2;1-2/h17,19-25H,2,6-15,29H2,1,3-5H3;3-4H2,1-2H3;1-2H3. The smallest absolute Gasteiger partial charge is 0.0940 e. The van der Waals surface area contributed by atoms with Crippen molar-refractivity contribution in [1.29, 1.82) is 5.26 Å². The molecule has 2 N–H and O–H groups in total. The van der Waals surface area contributed by atoms with Crippen LogP contribution in [-0.2, 0) is 0 Å². The number of unbranched alkanes of at least 4 members (excludes halogenated alkanes) is 1. The average Bonchev–Trinajstić information content (AvgIpc) is 3.22. The van der Waals surface area contributed by atoms with Crippen LogP contribution in [0.1, 0.15) is 132 Å². The molecule has 4 aliphatic rings. The fourth-order valence-corrected chi connectivity index (χ4v) is 9.24. The first-order chi connectivity index (χ1) is 16.6. The third-order valence-electron chi connectivity index (χ3n) is 11.3. The van der Waals surface area contributed by atoms with E-state index in [1.807, 2.05) is 13.8 Å². The van der Waals surface area contributed by atoms with Gasteiger partial charge in [-0.3, -0.25) is 0 Å². The molecule has 10 unspecified atom stereocenters. The molecule has 2 heteroatoms. The van der Waals surface area contributed by atoms with E-state index in [1.165, 1.54) is 64.2 Å². The van der Waals surface area contributed by atoms with Crippen molar-refractivity contribution in [3.63, 3.8) is 0 Å². The van der Waals surface area contributed by atoms with Gasteiger partial charge in [0.25, 0.3) is 0 Å². The maximum atomic E-state index is 9.08. The first-order valence-electron chi connectivity index (χ1n) is 15.5. The summed E-state index contributed by atoms with van der Waals surface area (Å²) in [4.78, 5) is 0. The summed E-state index contributed by atoms with van der Waals surface area (Å²) in [7, 11) is 0. The Morgan fingerprint density at radius 3 is 2.17 bits per heavy atom. The number of fused-ring (bicyclic) bond motifs is 5. The van der Waals surface area contributed by atoms with Crippen molar-refractivity contribution in [3.05, 3.63) is 12.2 Å². The molecule has 0 heterocycles. The fraction of sp³-hybridized carbons (Fsp3) is 0.909. The van der Waals surface area contributed by atoms with Gasteiger partial charge in [-0.05, 0) is 110 Å². The molecular formula is C33H60N2. The summed E-state index contributed by atoms with van der Waals surface area (Å²) in [5.41, 5.74) is 8.65. The van der Waals surface area contributed by atoms with E-state index in [-0.39, 0.29) is 0 Å². The lowest BCUT2D eigenvalue weighted by molar-refractivity contribution is -0.127. The Labute approximate surface area is 219 Å². The predicted octanol–water partition coefficient (Wildman–Crippen LogP) is 9.55. The molecule has 0 saturated heterocycles. The van der Waals surface area contributed by atoms with Crippen LogP contribution in [-0.4, -0.2) is 6.04 Å². The van der Waals surface area contributed by atoms with Crippen LogP contribution >= 0.6 is 0 Å². The summed E-state index contributed by atoms with van der Waals surface area (Å²) in [5, 5.41) is 9.08. The molecule has 35 heavy (non-hydrogen) atoms. The van der Waals surface area contributed by atoms with Gasteiger partial charge in [0.15, 0.2) is 0 Å². The van der Waals surface area contributed by atoms with Crippen LogP contribution in [0.3, 0.4) is 0 Å². The lowest BCUT2D eigenvalue weighted by Gasteiger charge is -2.63. The summed E-state index contributed by atoms with van der Waals surface area (Å²) < 4.78 is 0. The molecule has 4 rings (SSSR count). The number of nitriles is 1. The summed E-state index contributed by atoms with van der Waals surface area (Å²) in [5.74, 6) is 5.76. The van der Waals surface area contributed by atoms with Crippen molar-refractivity contribution in [1.82, 2.24) is 0 Å². The molecule has 0 amide bonds. The van der Waals surface area contributed by atoms with Crippen molar-refractivity contribution in [3.8, 4) is 6.07 Å². The predicted molar refractivity (Wildman–Crippen MR) is 153 cm³/mol. The van der Waals surface area contributed by atoms with E-state index in [0.29, 0.717) is 22.8 Å². The van der Waals surface area contributed by atoms with Crippen LogP contribution in [0.25, 0.3) is 0 Å². The molecule has 0 bridgehead atoms. The lowest BCUT2D eigenvalue weighted by Crippen LogP contribution is -2.59. The van der Waals surface area contributed by atoms with E-state index >= 15 is 0 Å². The molecule has 4 fully saturated rings. The highest BCUT2D eigenvalue weighted by atomic mass is 14.8. The molecule has 0 spiro atoms. The van der Waals surface area contributed by atoms with E-state index in [0.717, 1.165) is 53.9 Å². The van der Waals surface area contributed by atoms with Crippen LogP contribution in [0.4, 0.5) is 0 Å². The number of nitrogens with zero attached hydrogens (tertiary/aromatic N) is 1. The minimum Gasteiger partial charge on any atom is -0.327 e. The van der Waals surface area contributed by atoms with Crippen LogP contribution in [0.15, 0.2) is 12.2 Å². The van der Waals surface area contributed by atoms with Crippen molar-refractivity contribution in [2.75, 3.05) is 0 Å². The molecule has 4 aliphatic carbocycles. The first-order valence-corrected chi connectivity index (χ1v) is 15.5. The van der Waals surface area contributed by atoms with Gasteiger partial charge in [0.05, 0.1) is 6.07 Å². The van der Waals surface area contributed by atoms with E-state index in [9.17, 15) is 0 Å². The van der Waals surface area contributed by atoms with Gasteiger partial charge >= 0.3 is 0 Å². The highest BCUT2D eigenvalue weighted by Gasteiger charge is 2.61. The monoisotopic (exact) mass is 484 g/mol. The quantitative estimate of drug-likeness (QED) is 0.395. The molecule has 0 aromatic heterocycles. The van der Waals surface area contributed by atoms with E-state index in [2.05, 4.69) is 54.2 Å². The largest absolute Gasteiger partial charge is 0.327 e. The third-order valence-corrected chi connectivity index (χ3v) is 11.3. The highest BCUT2D eigenvalue weighted by Crippen LogP contribution is 2.68. The summed E-state index contributed by atoms with van der Waals surface area (Å²) in [6.07, 6.45) is 15.8. The average molecular weight is 485 g/mol. The van der Waals surface area contributed by atoms with Crippen LogP contribution < -0.4 is 5.73 Å². The zero-order chi connectivity index (χ0) is 26.4. The van der Waals surface area contributed by atoms with Gasteiger partial charge in [0.1, 0.15) is 0 Å². The third kappa shape index (κ3) is 6.20. The van der Waals surface area contributed by atoms with Gasteiger partial charge in [0.2, 0.25) is 0 Å². The molecule has 0 aliphatic heterocycles. The Balaban J connectivity index is 0.000000655. The molecule has 0 aromatic carbocycles. The normalized spacial score (nSPS) is 42.5. The second kappa shape index (κ2) is 13.1. The minimum atomic E-state index is 0.418. The van der Waals surface area contributed by atoms with E-state index < -0.39 is 0 Å². The number of hydrogen-bond donors (Lipinski definition) is 1. The molecular weight excluding hydrogens is 424 g/mol. The minimum absolute atomic E-state index is 0.418. The van der Waals surface area contributed by atoms with Gasteiger partial charge in [-0.2, -0.15) is 5.26 Å². The number of rotatable bonds is 5. The van der Waals surface area contributed by atoms with Crippen LogP contribution in [0, 0.1) is 63.6 Å². The van der Waals surface area contributed by atoms with Gasteiger partial charge in [-0.25, -0.2) is 0 Å². The summed E-state index contributed by atoms with van der Waals surface area (Å²) >= 11 is 0. The van der Waals surface area contributed by atoms with Crippen molar-refractivity contribution >= 4 is 0 Å². The Bertz CT molecular complexity index is 704. The van der Waals surface area contributed by atoms with Gasteiger partial charge in [-0.15, -0.1) is 0 Å². The molecule has 2 nitrogen and oxygen atoms in total. The van der Waals surface area contributed by atoms with E-state index in [4.69, 9.17) is 11.0 Å². The van der Waals surface area contributed by atoms with E-state index in [1.54, 1.807) is 0 Å². The number of allylic oxidation sites excluding steroid dienone is 1. The second-order valence-corrected chi connectivity index (χ2v) is 13.2. The van der Waals surface area contributed by atoms with Crippen molar-refractivity contribution in [2.24, 2.45) is 58.0 Å². The van der Waals surface area contributed by atoms with Crippen LogP contribution in [0.2, 0.25) is 0 Å². The maximum Gasteiger partial charge on any atom is 0.0940 e. The molecule has 202 valence electrons. The van der Waals surface area contributed by atoms with Gasteiger partial charge in [-0.1, -0.05) is 81.2 Å². The Morgan fingerprint density at radius 2 is 1.57 bits per heavy atom. The molecule has 10 atom stereocenters. The summed E-state index contributed by atoms with van der Waals surface area (Å²) in [6.45, 7) is 22.4. The SMILES string of the molecule is C=C(C#N)CCC(C)C1CCC2C3CC(N)C4CC(C)CCC4(C)C3CCC12C.CC.CCCC. The zero-order valence-electron chi connectivity index (χ0n) is 24.8. The highest BCUT2D eigenvalue weighted by molar-refractivity contribution is 5.16. The Kier molecular flexibility index (Phi) is 11.4. The Morgan fingerprint density at radius 1 is 0.971 bits per heavy atom. The van der Waals surface area contributed by atoms with Crippen molar-refractivity contribution in [2.45, 2.75) is 138 Å². The zero-order valence-corrected chi connectivity index (χ0v) is 24.8. The van der Waals surface area contributed by atoms with Crippen molar-refractivity contribution < 1.29 is 0 Å². The fourth-order valence-electron chi connectivity index (χ4n) is 9.24. The lowest BCUT2D eigenvalue weighted by atomic mass is 9.43. The molecule has 0 radical (unpaired) electrons.